The van der Waals surface area contributed by atoms with Gasteiger partial charge in [-0.15, -0.1) is 11.3 Å². The van der Waals surface area contributed by atoms with Crippen LogP contribution in [0.25, 0.3) is 11.4 Å². The molecule has 0 bridgehead atoms. The van der Waals surface area contributed by atoms with Crippen molar-refractivity contribution in [2.75, 3.05) is 7.11 Å². The quantitative estimate of drug-likeness (QED) is 0.611. The maximum absolute atomic E-state index is 12.4. The highest BCUT2D eigenvalue weighted by molar-refractivity contribution is 7.14. The van der Waals surface area contributed by atoms with Gasteiger partial charge in [-0.25, -0.2) is 4.79 Å². The van der Waals surface area contributed by atoms with E-state index < -0.39 is 0 Å². The van der Waals surface area contributed by atoms with Crippen molar-refractivity contribution in [1.29, 1.82) is 0 Å². The molecule has 7 heteroatoms. The minimum Gasteiger partial charge on any atom is -0.496 e. The third-order valence-corrected chi connectivity index (χ3v) is 5.89. The maximum Gasteiger partial charge on any atom is 0.348 e. The summed E-state index contributed by atoms with van der Waals surface area (Å²) >= 11 is 1.53. The Morgan fingerprint density at radius 2 is 2.22 bits per heavy atom. The Morgan fingerprint density at radius 3 is 3.07 bits per heavy atom. The van der Waals surface area contributed by atoms with Crippen molar-refractivity contribution in [2.45, 2.75) is 32.8 Å². The van der Waals surface area contributed by atoms with Crippen LogP contribution in [0.2, 0.25) is 0 Å². The fraction of sp³-hybridized carbons (Fsp3) is 0.350. The average Bonchev–Trinajstić information content (AvgIpc) is 3.32. The Morgan fingerprint density at radius 1 is 1.37 bits per heavy atom. The van der Waals surface area contributed by atoms with Gasteiger partial charge in [0, 0.05) is 4.88 Å². The smallest absolute Gasteiger partial charge is 0.348 e. The lowest BCUT2D eigenvalue weighted by atomic mass is 9.90. The van der Waals surface area contributed by atoms with Gasteiger partial charge in [-0.3, -0.25) is 0 Å². The summed E-state index contributed by atoms with van der Waals surface area (Å²) < 4.78 is 15.9. The SMILES string of the molecule is COc1ccccc1-c1noc(COC(=O)c2cc3c(s2)CC[C@H](C)C3)n1. The molecule has 1 atom stereocenters. The number of hydrogen-bond acceptors (Lipinski definition) is 7. The first-order valence-electron chi connectivity index (χ1n) is 8.88. The summed E-state index contributed by atoms with van der Waals surface area (Å²) in [6.07, 6.45) is 3.25. The molecule has 140 valence electrons. The zero-order valence-electron chi connectivity index (χ0n) is 15.2. The Labute approximate surface area is 161 Å². The molecule has 1 aromatic carbocycles. The van der Waals surface area contributed by atoms with Gasteiger partial charge in [0.05, 0.1) is 12.7 Å². The number of benzene rings is 1. The van der Waals surface area contributed by atoms with Gasteiger partial charge in [-0.1, -0.05) is 24.2 Å². The molecule has 0 fully saturated rings. The van der Waals surface area contributed by atoms with Crippen LogP contribution in [0.5, 0.6) is 5.75 Å². The van der Waals surface area contributed by atoms with Crippen molar-refractivity contribution in [1.82, 2.24) is 10.1 Å². The number of aryl methyl sites for hydroxylation is 1. The molecule has 0 aliphatic heterocycles. The normalized spacial score (nSPS) is 16.0. The van der Waals surface area contributed by atoms with Crippen molar-refractivity contribution in [3.8, 4) is 17.1 Å². The summed E-state index contributed by atoms with van der Waals surface area (Å²) in [7, 11) is 1.59. The zero-order chi connectivity index (χ0) is 18.8. The minimum atomic E-state index is -0.348. The van der Waals surface area contributed by atoms with E-state index in [2.05, 4.69) is 17.1 Å². The first kappa shape index (κ1) is 17.7. The van der Waals surface area contributed by atoms with Crippen LogP contribution < -0.4 is 4.74 Å². The summed E-state index contributed by atoms with van der Waals surface area (Å²) in [5.41, 5.74) is 2.00. The second-order valence-electron chi connectivity index (χ2n) is 6.70. The van der Waals surface area contributed by atoms with Crippen LogP contribution in [0, 0.1) is 5.92 Å². The van der Waals surface area contributed by atoms with Gasteiger partial charge >= 0.3 is 5.97 Å². The van der Waals surface area contributed by atoms with Crippen molar-refractivity contribution < 1.29 is 18.8 Å². The van der Waals surface area contributed by atoms with Gasteiger partial charge in [0.1, 0.15) is 10.6 Å². The maximum atomic E-state index is 12.4. The molecule has 0 saturated carbocycles. The monoisotopic (exact) mass is 384 g/mol. The summed E-state index contributed by atoms with van der Waals surface area (Å²) in [6.45, 7) is 2.19. The van der Waals surface area contributed by atoms with Gasteiger partial charge in [0.25, 0.3) is 5.89 Å². The average molecular weight is 384 g/mol. The number of thiophene rings is 1. The number of carbonyl (C=O) groups excluding carboxylic acids is 1. The minimum absolute atomic E-state index is 0.0556. The van der Waals surface area contributed by atoms with Gasteiger partial charge < -0.3 is 14.0 Å². The molecular formula is C20H20N2O4S. The lowest BCUT2D eigenvalue weighted by Crippen LogP contribution is -2.08. The number of ether oxygens (including phenoxy) is 2. The molecule has 4 rings (SSSR count). The van der Waals surface area contributed by atoms with E-state index in [9.17, 15) is 4.79 Å². The zero-order valence-corrected chi connectivity index (χ0v) is 16.0. The lowest BCUT2D eigenvalue weighted by Gasteiger charge is -2.16. The molecule has 2 heterocycles. The predicted molar refractivity (Wildman–Crippen MR) is 101 cm³/mol. The van der Waals surface area contributed by atoms with Crippen LogP contribution in [0.1, 0.15) is 39.3 Å². The van der Waals surface area contributed by atoms with E-state index in [-0.39, 0.29) is 18.5 Å². The number of hydrogen-bond donors (Lipinski definition) is 0. The van der Waals surface area contributed by atoms with Crippen LogP contribution >= 0.6 is 11.3 Å². The molecule has 27 heavy (non-hydrogen) atoms. The van der Waals surface area contributed by atoms with E-state index in [4.69, 9.17) is 14.0 Å². The van der Waals surface area contributed by atoms with E-state index in [0.717, 1.165) is 18.4 Å². The van der Waals surface area contributed by atoms with Gasteiger partial charge in [0.15, 0.2) is 6.61 Å². The standard InChI is InChI=1S/C20H20N2O4S/c1-12-7-8-16-13(9-12)10-17(27-16)20(23)25-11-18-21-19(22-26-18)14-5-3-4-6-15(14)24-2/h3-6,10,12H,7-9,11H2,1-2H3/t12-/m0/s1. The summed E-state index contributed by atoms with van der Waals surface area (Å²) in [6, 6.07) is 9.37. The highest BCUT2D eigenvalue weighted by Gasteiger charge is 2.22. The molecule has 3 aromatic rings. The Bertz CT molecular complexity index is 963. The fourth-order valence-corrected chi connectivity index (χ4v) is 4.36. The first-order chi connectivity index (χ1) is 13.1. The second-order valence-corrected chi connectivity index (χ2v) is 7.83. The summed E-state index contributed by atoms with van der Waals surface area (Å²) in [4.78, 5) is 18.6. The molecule has 0 unspecified atom stereocenters. The highest BCUT2D eigenvalue weighted by atomic mass is 32.1. The Hall–Kier alpha value is -2.67. The molecule has 1 aliphatic carbocycles. The van der Waals surface area contributed by atoms with E-state index in [1.807, 2.05) is 30.3 Å². The van der Waals surface area contributed by atoms with Crippen LogP contribution in [0.3, 0.4) is 0 Å². The number of para-hydroxylation sites is 1. The van der Waals surface area contributed by atoms with E-state index >= 15 is 0 Å². The van der Waals surface area contributed by atoms with Crippen LogP contribution in [0.4, 0.5) is 0 Å². The molecular weight excluding hydrogens is 364 g/mol. The number of aromatic nitrogens is 2. The lowest BCUT2D eigenvalue weighted by molar-refractivity contribution is 0.0435. The summed E-state index contributed by atoms with van der Waals surface area (Å²) in [5, 5.41) is 3.95. The number of rotatable bonds is 5. The molecule has 2 aromatic heterocycles. The van der Waals surface area contributed by atoms with Gasteiger partial charge in [-0.05, 0) is 48.9 Å². The van der Waals surface area contributed by atoms with Crippen molar-refractivity contribution in [3.05, 3.63) is 51.5 Å². The number of esters is 1. The third-order valence-electron chi connectivity index (χ3n) is 4.67. The molecule has 0 N–H and O–H groups in total. The van der Waals surface area contributed by atoms with Crippen molar-refractivity contribution in [2.24, 2.45) is 5.92 Å². The van der Waals surface area contributed by atoms with Crippen LogP contribution in [-0.4, -0.2) is 23.2 Å². The van der Waals surface area contributed by atoms with E-state index in [1.165, 1.54) is 28.2 Å². The molecule has 0 amide bonds. The Balaban J connectivity index is 1.42. The van der Waals surface area contributed by atoms with Crippen LogP contribution in [0.15, 0.2) is 34.9 Å². The second kappa shape index (κ2) is 7.52. The molecule has 0 spiro atoms. The van der Waals surface area contributed by atoms with Crippen molar-refractivity contribution in [3.63, 3.8) is 0 Å². The highest BCUT2D eigenvalue weighted by Crippen LogP contribution is 2.32. The molecule has 1 aliphatic rings. The van der Waals surface area contributed by atoms with Crippen molar-refractivity contribution >= 4 is 17.3 Å². The van der Waals surface area contributed by atoms with E-state index in [1.54, 1.807) is 7.11 Å². The molecule has 0 radical (unpaired) electrons. The predicted octanol–water partition coefficient (Wildman–Crippen LogP) is 4.29. The number of carbonyl (C=O) groups is 1. The number of nitrogens with zero attached hydrogens (tertiary/aromatic N) is 2. The van der Waals surface area contributed by atoms with Gasteiger partial charge in [0.2, 0.25) is 5.82 Å². The number of fused-ring (bicyclic) bond motifs is 1. The van der Waals surface area contributed by atoms with E-state index in [0.29, 0.717) is 22.4 Å². The topological polar surface area (TPSA) is 74.5 Å². The third kappa shape index (κ3) is 3.73. The largest absolute Gasteiger partial charge is 0.496 e. The molecule has 0 saturated heterocycles. The first-order valence-corrected chi connectivity index (χ1v) is 9.70. The Kier molecular flexibility index (Phi) is 4.94. The fourth-order valence-electron chi connectivity index (χ4n) is 3.26. The summed E-state index contributed by atoms with van der Waals surface area (Å²) in [5.74, 6) is 1.63. The molecule has 6 nitrogen and oxygen atoms in total. The van der Waals surface area contributed by atoms with Crippen LogP contribution in [-0.2, 0) is 24.2 Å². The number of methoxy groups -OCH3 is 1. The van der Waals surface area contributed by atoms with Gasteiger partial charge in [-0.2, -0.15) is 4.98 Å².